The van der Waals surface area contributed by atoms with Gasteiger partial charge in [0.05, 0.1) is 11.1 Å². The van der Waals surface area contributed by atoms with Gasteiger partial charge >= 0.3 is 0 Å². The average Bonchev–Trinajstić information content (AvgIpc) is 2.75. The third-order valence-corrected chi connectivity index (χ3v) is 2.98. The molecule has 0 amide bonds. The van der Waals surface area contributed by atoms with Crippen LogP contribution in [0.2, 0.25) is 10.2 Å². The lowest BCUT2D eigenvalue weighted by Gasteiger charge is -1.99. The van der Waals surface area contributed by atoms with Gasteiger partial charge in [-0.1, -0.05) is 35.3 Å². The Morgan fingerprint density at radius 3 is 2.53 bits per heavy atom. The number of aromatic nitrogens is 4. The Labute approximate surface area is 107 Å². The number of nitrogens with one attached hydrogen (secondary N) is 1. The highest BCUT2D eigenvalue weighted by Gasteiger charge is 2.12. The maximum atomic E-state index is 6.05. The molecule has 0 bridgehead atoms. The predicted molar refractivity (Wildman–Crippen MR) is 67.1 cm³/mol. The van der Waals surface area contributed by atoms with E-state index in [0.717, 1.165) is 16.6 Å². The van der Waals surface area contributed by atoms with E-state index in [1.165, 1.54) is 6.33 Å². The van der Waals surface area contributed by atoms with E-state index < -0.39 is 0 Å². The second kappa shape index (κ2) is 3.98. The SMILES string of the molecule is Clc1ccc(-c2[nH]nc3ncnc(Cl)c23)cc1. The molecule has 0 aliphatic rings. The topological polar surface area (TPSA) is 54.5 Å². The molecule has 0 radical (unpaired) electrons. The normalized spacial score (nSPS) is 10.9. The Hall–Kier alpha value is -1.65. The lowest BCUT2D eigenvalue weighted by Crippen LogP contribution is -1.82. The summed E-state index contributed by atoms with van der Waals surface area (Å²) in [5.41, 5.74) is 2.28. The third-order valence-electron chi connectivity index (χ3n) is 2.44. The van der Waals surface area contributed by atoms with Crippen molar-refractivity contribution in [3.05, 3.63) is 40.8 Å². The van der Waals surface area contributed by atoms with Gasteiger partial charge in [0.1, 0.15) is 11.5 Å². The summed E-state index contributed by atoms with van der Waals surface area (Å²) in [6, 6.07) is 7.39. The first-order valence-electron chi connectivity index (χ1n) is 4.86. The molecule has 17 heavy (non-hydrogen) atoms. The summed E-state index contributed by atoms with van der Waals surface area (Å²) in [4.78, 5) is 7.99. The summed E-state index contributed by atoms with van der Waals surface area (Å²) in [6.45, 7) is 0. The van der Waals surface area contributed by atoms with Gasteiger partial charge in [0.25, 0.3) is 0 Å². The summed E-state index contributed by atoms with van der Waals surface area (Å²) < 4.78 is 0. The fraction of sp³-hybridized carbons (Fsp3) is 0. The first-order valence-corrected chi connectivity index (χ1v) is 5.62. The van der Waals surface area contributed by atoms with Crippen molar-refractivity contribution in [1.29, 1.82) is 0 Å². The monoisotopic (exact) mass is 264 g/mol. The number of hydrogen-bond acceptors (Lipinski definition) is 3. The minimum atomic E-state index is 0.383. The number of halogens is 2. The molecule has 0 saturated heterocycles. The van der Waals surface area contributed by atoms with Crippen molar-refractivity contribution in [1.82, 2.24) is 20.2 Å². The molecule has 0 spiro atoms. The molecule has 1 N–H and O–H groups in total. The van der Waals surface area contributed by atoms with Crippen molar-refractivity contribution < 1.29 is 0 Å². The number of fused-ring (bicyclic) bond motifs is 1. The van der Waals surface area contributed by atoms with Gasteiger partial charge in [0.2, 0.25) is 0 Å². The maximum absolute atomic E-state index is 6.05. The van der Waals surface area contributed by atoms with Crippen LogP contribution >= 0.6 is 23.2 Å². The zero-order valence-electron chi connectivity index (χ0n) is 8.48. The largest absolute Gasteiger partial charge is 0.275 e. The molecule has 0 atom stereocenters. The van der Waals surface area contributed by atoms with E-state index in [0.29, 0.717) is 15.8 Å². The van der Waals surface area contributed by atoms with Gasteiger partial charge in [0, 0.05) is 10.6 Å². The molecule has 1 aromatic carbocycles. The molecule has 0 aliphatic heterocycles. The average molecular weight is 265 g/mol. The Kier molecular flexibility index (Phi) is 2.46. The van der Waals surface area contributed by atoms with Crippen molar-refractivity contribution >= 4 is 34.2 Å². The quantitative estimate of drug-likeness (QED) is 0.686. The van der Waals surface area contributed by atoms with Gasteiger partial charge in [-0.2, -0.15) is 5.10 Å². The summed E-state index contributed by atoms with van der Waals surface area (Å²) in [7, 11) is 0. The number of H-pyrrole nitrogens is 1. The first-order chi connectivity index (χ1) is 8.25. The third kappa shape index (κ3) is 1.75. The van der Waals surface area contributed by atoms with Crippen molar-refractivity contribution in [2.24, 2.45) is 0 Å². The van der Waals surface area contributed by atoms with E-state index in [2.05, 4.69) is 20.2 Å². The molecule has 3 aromatic rings. The Balaban J connectivity index is 2.27. The smallest absolute Gasteiger partial charge is 0.186 e. The van der Waals surface area contributed by atoms with Gasteiger partial charge < -0.3 is 0 Å². The molecule has 2 aromatic heterocycles. The highest BCUT2D eigenvalue weighted by Crippen LogP contribution is 2.29. The Morgan fingerprint density at radius 2 is 1.76 bits per heavy atom. The first kappa shape index (κ1) is 10.5. The van der Waals surface area contributed by atoms with Crippen LogP contribution in [-0.2, 0) is 0 Å². The second-order valence-electron chi connectivity index (χ2n) is 3.47. The van der Waals surface area contributed by atoms with E-state index in [-0.39, 0.29) is 0 Å². The molecule has 0 aliphatic carbocycles. The van der Waals surface area contributed by atoms with Crippen molar-refractivity contribution in [2.75, 3.05) is 0 Å². The number of benzene rings is 1. The van der Waals surface area contributed by atoms with Crippen LogP contribution in [0, 0.1) is 0 Å². The summed E-state index contributed by atoms with van der Waals surface area (Å²) >= 11 is 11.9. The van der Waals surface area contributed by atoms with Crippen LogP contribution in [0.5, 0.6) is 0 Å². The van der Waals surface area contributed by atoms with Crippen molar-refractivity contribution in [2.45, 2.75) is 0 Å². The van der Waals surface area contributed by atoms with E-state index in [9.17, 15) is 0 Å². The predicted octanol–water partition coefficient (Wildman–Crippen LogP) is 3.33. The number of hydrogen-bond donors (Lipinski definition) is 1. The molecule has 0 unspecified atom stereocenters. The fourth-order valence-corrected chi connectivity index (χ4v) is 1.99. The van der Waals surface area contributed by atoms with E-state index in [1.807, 2.05) is 12.1 Å². The Morgan fingerprint density at radius 1 is 1.00 bits per heavy atom. The molecular formula is C11H6Cl2N4. The molecular weight excluding hydrogens is 259 g/mol. The number of nitrogens with zero attached hydrogens (tertiary/aromatic N) is 3. The highest BCUT2D eigenvalue weighted by molar-refractivity contribution is 6.35. The molecule has 4 nitrogen and oxygen atoms in total. The van der Waals surface area contributed by atoms with E-state index >= 15 is 0 Å². The molecule has 2 heterocycles. The molecule has 0 saturated carbocycles. The van der Waals surface area contributed by atoms with Crippen molar-refractivity contribution in [3.63, 3.8) is 0 Å². The Bertz CT molecular complexity index is 676. The zero-order chi connectivity index (χ0) is 11.8. The van der Waals surface area contributed by atoms with E-state index in [4.69, 9.17) is 23.2 Å². The van der Waals surface area contributed by atoms with Crippen LogP contribution in [0.4, 0.5) is 0 Å². The van der Waals surface area contributed by atoms with Crippen LogP contribution in [0.25, 0.3) is 22.3 Å². The fourth-order valence-electron chi connectivity index (χ4n) is 1.65. The lowest BCUT2D eigenvalue weighted by atomic mass is 10.1. The van der Waals surface area contributed by atoms with Gasteiger partial charge in [-0.05, 0) is 12.1 Å². The minimum Gasteiger partial charge on any atom is -0.275 e. The molecule has 84 valence electrons. The molecule has 0 fully saturated rings. The van der Waals surface area contributed by atoms with Gasteiger partial charge in [0.15, 0.2) is 5.65 Å². The maximum Gasteiger partial charge on any atom is 0.186 e. The summed E-state index contributed by atoms with van der Waals surface area (Å²) in [5.74, 6) is 0. The van der Waals surface area contributed by atoms with Gasteiger partial charge in [-0.3, -0.25) is 5.10 Å². The molecule has 6 heteroatoms. The number of rotatable bonds is 1. The van der Waals surface area contributed by atoms with Crippen LogP contribution in [0.1, 0.15) is 0 Å². The zero-order valence-corrected chi connectivity index (χ0v) is 10.00. The highest BCUT2D eigenvalue weighted by atomic mass is 35.5. The molecule has 3 rings (SSSR count). The van der Waals surface area contributed by atoms with Gasteiger partial charge in [-0.15, -0.1) is 0 Å². The van der Waals surface area contributed by atoms with Crippen molar-refractivity contribution in [3.8, 4) is 11.3 Å². The summed E-state index contributed by atoms with van der Waals surface area (Å²) in [6.07, 6.45) is 1.39. The standard InChI is InChI=1S/C11H6Cl2N4/c12-7-3-1-6(2-4-7)9-8-10(13)14-5-15-11(8)17-16-9/h1-5H,(H,14,15,16,17). The van der Waals surface area contributed by atoms with Crippen LogP contribution < -0.4 is 0 Å². The second-order valence-corrected chi connectivity index (χ2v) is 4.26. The van der Waals surface area contributed by atoms with Crippen LogP contribution in [0.3, 0.4) is 0 Å². The lowest BCUT2D eigenvalue weighted by molar-refractivity contribution is 1.09. The summed E-state index contributed by atoms with van der Waals surface area (Å²) in [5, 5.41) is 8.78. The van der Waals surface area contributed by atoms with Crippen LogP contribution in [0.15, 0.2) is 30.6 Å². The number of aromatic amines is 1. The van der Waals surface area contributed by atoms with Crippen LogP contribution in [-0.4, -0.2) is 20.2 Å². The minimum absolute atomic E-state index is 0.383. The van der Waals surface area contributed by atoms with Gasteiger partial charge in [-0.25, -0.2) is 9.97 Å². The van der Waals surface area contributed by atoms with E-state index in [1.54, 1.807) is 12.1 Å².